The Bertz CT molecular complexity index is 894. The molecular weight excluding hydrogens is 380 g/mol. The highest BCUT2D eigenvalue weighted by Crippen LogP contribution is 2.30. The van der Waals surface area contributed by atoms with Crippen LogP contribution in [0.15, 0.2) is 71.3 Å². The lowest BCUT2D eigenvalue weighted by Gasteiger charge is -2.29. The number of nitrogens with zero attached hydrogens (tertiary/aromatic N) is 1. The second-order valence-electron chi connectivity index (χ2n) is 6.52. The second kappa shape index (κ2) is 9.55. The molecule has 0 atom stereocenters. The molecule has 146 valence electrons. The van der Waals surface area contributed by atoms with Gasteiger partial charge in [-0.15, -0.1) is 11.8 Å². The molecule has 0 unspecified atom stereocenters. The predicted octanol–water partition coefficient (Wildman–Crippen LogP) is 5.00. The molecule has 1 aliphatic rings. The Morgan fingerprint density at radius 3 is 2.57 bits per heavy atom. The van der Waals surface area contributed by atoms with Gasteiger partial charge in [-0.3, -0.25) is 0 Å². The molecule has 1 aliphatic heterocycles. The zero-order chi connectivity index (χ0) is 19.9. The first-order valence-electron chi connectivity index (χ1n) is 9.03. The van der Waals surface area contributed by atoms with Crippen molar-refractivity contribution in [2.24, 2.45) is 0 Å². The van der Waals surface area contributed by atoms with Gasteiger partial charge in [0, 0.05) is 13.1 Å². The minimum Gasteiger partial charge on any atom is -0.478 e. The number of halogens is 2. The molecule has 2 aromatic rings. The van der Waals surface area contributed by atoms with Crippen LogP contribution in [0.1, 0.15) is 17.5 Å². The van der Waals surface area contributed by atoms with Crippen LogP contribution in [0.5, 0.6) is 0 Å². The van der Waals surface area contributed by atoms with Gasteiger partial charge in [0.2, 0.25) is 0 Å². The van der Waals surface area contributed by atoms with Gasteiger partial charge in [-0.25, -0.2) is 13.6 Å². The van der Waals surface area contributed by atoms with E-state index in [0.29, 0.717) is 18.1 Å². The minimum absolute atomic E-state index is 0.253. The third kappa shape index (κ3) is 5.45. The molecule has 0 amide bonds. The first kappa shape index (κ1) is 20.1. The van der Waals surface area contributed by atoms with Crippen LogP contribution in [0.3, 0.4) is 0 Å². The Morgan fingerprint density at radius 2 is 1.86 bits per heavy atom. The molecule has 0 bridgehead atoms. The molecule has 3 nitrogen and oxygen atoms in total. The molecule has 6 heteroatoms. The van der Waals surface area contributed by atoms with Gasteiger partial charge in [0.25, 0.3) is 0 Å². The van der Waals surface area contributed by atoms with Crippen LogP contribution in [0.2, 0.25) is 0 Å². The van der Waals surface area contributed by atoms with Crippen molar-refractivity contribution in [3.63, 3.8) is 0 Å². The van der Waals surface area contributed by atoms with Crippen molar-refractivity contribution < 1.29 is 18.7 Å². The molecule has 0 fully saturated rings. The average molecular weight is 401 g/mol. The monoisotopic (exact) mass is 401 g/mol. The first-order chi connectivity index (χ1) is 13.5. The van der Waals surface area contributed by atoms with Crippen molar-refractivity contribution in [1.82, 2.24) is 4.90 Å². The minimum atomic E-state index is -0.971. The summed E-state index contributed by atoms with van der Waals surface area (Å²) in [7, 11) is 0. The number of hydrogen-bond donors (Lipinski definition) is 1. The number of carbonyl (C=O) groups is 1. The molecule has 0 spiro atoms. The third-order valence-electron chi connectivity index (χ3n) is 4.38. The summed E-state index contributed by atoms with van der Waals surface area (Å²) in [6.45, 7) is 1.02. The Labute approximate surface area is 167 Å². The van der Waals surface area contributed by atoms with Crippen LogP contribution in [0, 0.1) is 11.6 Å². The number of hydrogen-bond acceptors (Lipinski definition) is 3. The van der Waals surface area contributed by atoms with E-state index in [-0.39, 0.29) is 17.2 Å². The summed E-state index contributed by atoms with van der Waals surface area (Å²) < 4.78 is 26.5. The molecule has 2 aromatic carbocycles. The molecule has 28 heavy (non-hydrogen) atoms. The highest BCUT2D eigenvalue weighted by atomic mass is 32.2. The van der Waals surface area contributed by atoms with E-state index in [1.54, 1.807) is 24.3 Å². The Balaban J connectivity index is 1.66. The maximum Gasteiger partial charge on any atom is 0.338 e. The molecule has 0 aromatic heterocycles. The third-order valence-corrected chi connectivity index (χ3v) is 5.63. The standard InChI is InChI=1S/C22H21F2NO2S/c23-18-10-8-16(9-11-18)5-3-13-28-21-20(22(26)27)7-2-12-25(21)15-17-4-1-6-19(24)14-17/h1-2,4,6-11,14H,3,5,12-13,15H2,(H,26,27). The fraction of sp³-hybridized carbons (Fsp3) is 0.227. The Morgan fingerprint density at radius 1 is 1.07 bits per heavy atom. The summed E-state index contributed by atoms with van der Waals surface area (Å²) in [6.07, 6.45) is 5.07. The number of aliphatic carboxylic acids is 1. The number of carboxylic acids is 1. The van der Waals surface area contributed by atoms with Crippen molar-refractivity contribution >= 4 is 17.7 Å². The van der Waals surface area contributed by atoms with E-state index >= 15 is 0 Å². The van der Waals surface area contributed by atoms with Crippen molar-refractivity contribution in [2.45, 2.75) is 19.4 Å². The van der Waals surface area contributed by atoms with Gasteiger partial charge in [0.05, 0.1) is 10.6 Å². The topological polar surface area (TPSA) is 40.5 Å². The number of thioether (sulfide) groups is 1. The normalized spacial score (nSPS) is 13.9. The van der Waals surface area contributed by atoms with Crippen molar-refractivity contribution in [2.75, 3.05) is 12.3 Å². The summed E-state index contributed by atoms with van der Waals surface area (Å²) in [4.78, 5) is 13.6. The van der Waals surface area contributed by atoms with E-state index in [9.17, 15) is 18.7 Å². The van der Waals surface area contributed by atoms with Gasteiger partial charge in [-0.2, -0.15) is 0 Å². The van der Waals surface area contributed by atoms with E-state index in [1.165, 1.54) is 36.0 Å². The van der Waals surface area contributed by atoms with Crippen molar-refractivity contribution in [3.8, 4) is 0 Å². The fourth-order valence-corrected chi connectivity index (χ4v) is 4.16. The molecule has 3 rings (SSSR count). The van der Waals surface area contributed by atoms with Gasteiger partial charge < -0.3 is 10.0 Å². The smallest absolute Gasteiger partial charge is 0.338 e. The largest absolute Gasteiger partial charge is 0.478 e. The maximum absolute atomic E-state index is 13.5. The fourth-order valence-electron chi connectivity index (χ4n) is 3.04. The maximum atomic E-state index is 13.5. The van der Waals surface area contributed by atoms with Gasteiger partial charge in [-0.05, 0) is 60.1 Å². The van der Waals surface area contributed by atoms with Crippen molar-refractivity contribution in [1.29, 1.82) is 0 Å². The van der Waals surface area contributed by atoms with E-state index in [2.05, 4.69) is 0 Å². The summed E-state index contributed by atoms with van der Waals surface area (Å²) >= 11 is 1.49. The van der Waals surface area contributed by atoms with Crippen LogP contribution in [0.4, 0.5) is 8.78 Å². The highest BCUT2D eigenvalue weighted by Gasteiger charge is 2.21. The number of carboxylic acid groups (broad SMARTS) is 1. The zero-order valence-corrected chi connectivity index (χ0v) is 16.1. The molecule has 0 saturated heterocycles. The van der Waals surface area contributed by atoms with Crippen LogP contribution < -0.4 is 0 Å². The van der Waals surface area contributed by atoms with Crippen molar-refractivity contribution in [3.05, 3.63) is 94.0 Å². The predicted molar refractivity (Wildman–Crippen MR) is 108 cm³/mol. The molecule has 1 N–H and O–H groups in total. The van der Waals surface area contributed by atoms with E-state index in [0.717, 1.165) is 29.7 Å². The lowest BCUT2D eigenvalue weighted by atomic mass is 10.1. The summed E-state index contributed by atoms with van der Waals surface area (Å²) in [5.41, 5.74) is 2.11. The number of benzene rings is 2. The van der Waals surface area contributed by atoms with Gasteiger partial charge in [0.1, 0.15) is 11.6 Å². The molecule has 0 radical (unpaired) electrons. The molecule has 0 aliphatic carbocycles. The lowest BCUT2D eigenvalue weighted by molar-refractivity contribution is -0.132. The van der Waals surface area contributed by atoms with E-state index in [1.807, 2.05) is 17.0 Å². The molecule has 1 heterocycles. The zero-order valence-electron chi connectivity index (χ0n) is 15.3. The quantitative estimate of drug-likeness (QED) is 0.632. The first-order valence-corrected chi connectivity index (χ1v) is 10.0. The van der Waals surface area contributed by atoms with Crippen LogP contribution >= 0.6 is 11.8 Å². The summed E-state index contributed by atoms with van der Waals surface area (Å²) in [5, 5.41) is 10.2. The van der Waals surface area contributed by atoms with Gasteiger partial charge in [0.15, 0.2) is 0 Å². The Hall–Kier alpha value is -2.60. The Kier molecular flexibility index (Phi) is 6.87. The second-order valence-corrected chi connectivity index (χ2v) is 7.60. The average Bonchev–Trinajstić information content (AvgIpc) is 2.67. The summed E-state index contributed by atoms with van der Waals surface area (Å²) in [6, 6.07) is 12.8. The van der Waals surface area contributed by atoms with Crippen LogP contribution in [0.25, 0.3) is 0 Å². The molecule has 0 saturated carbocycles. The number of aryl methyl sites for hydroxylation is 1. The molecular formula is C22H21F2NO2S. The van der Waals surface area contributed by atoms with E-state index in [4.69, 9.17) is 0 Å². The van der Waals surface area contributed by atoms with Gasteiger partial charge >= 0.3 is 5.97 Å². The number of rotatable bonds is 8. The van der Waals surface area contributed by atoms with Gasteiger partial charge in [-0.1, -0.05) is 30.3 Å². The summed E-state index contributed by atoms with van der Waals surface area (Å²) in [5.74, 6) is -0.796. The van der Waals surface area contributed by atoms with E-state index < -0.39 is 5.97 Å². The lowest BCUT2D eigenvalue weighted by Crippen LogP contribution is -2.27. The van der Waals surface area contributed by atoms with Crippen LogP contribution in [-0.2, 0) is 17.8 Å². The van der Waals surface area contributed by atoms with Crippen LogP contribution in [-0.4, -0.2) is 28.3 Å². The highest BCUT2D eigenvalue weighted by molar-refractivity contribution is 8.03. The SMILES string of the molecule is O=C(O)C1=C(SCCCc2ccc(F)cc2)N(Cc2cccc(F)c2)CC=C1.